The van der Waals surface area contributed by atoms with Crippen LogP contribution in [0.25, 0.3) is 0 Å². The second-order valence-electron chi connectivity index (χ2n) is 5.42. The molecule has 2 nitrogen and oxygen atoms in total. The summed E-state index contributed by atoms with van der Waals surface area (Å²) < 4.78 is 1.03. The molecule has 0 saturated heterocycles. The van der Waals surface area contributed by atoms with Crippen molar-refractivity contribution in [2.24, 2.45) is 5.73 Å². The van der Waals surface area contributed by atoms with Crippen LogP contribution >= 0.6 is 28.1 Å². The Kier molecular flexibility index (Phi) is 4.00. The van der Waals surface area contributed by atoms with Crippen molar-refractivity contribution >= 4 is 44.5 Å². The van der Waals surface area contributed by atoms with E-state index in [2.05, 4.69) is 52.0 Å². The van der Waals surface area contributed by atoms with E-state index in [0.29, 0.717) is 4.99 Å². The maximum Gasteiger partial charge on any atom is 0.104 e. The minimum atomic E-state index is 0.428. The number of anilines is 2. The minimum Gasteiger partial charge on any atom is -0.389 e. The summed E-state index contributed by atoms with van der Waals surface area (Å²) in [5.74, 6) is 0. The van der Waals surface area contributed by atoms with Crippen molar-refractivity contribution in [2.75, 3.05) is 11.4 Å². The van der Waals surface area contributed by atoms with Gasteiger partial charge < -0.3 is 10.6 Å². The molecule has 0 radical (unpaired) electrons. The number of nitrogens with two attached hydrogens (primary N) is 1. The number of thiocarbonyl (C=S) groups is 1. The lowest BCUT2D eigenvalue weighted by atomic mass is 9.99. The van der Waals surface area contributed by atoms with E-state index in [-0.39, 0.29) is 0 Å². The van der Waals surface area contributed by atoms with E-state index < -0.39 is 0 Å². The molecular weight excluding hydrogens is 344 g/mol. The summed E-state index contributed by atoms with van der Waals surface area (Å²) in [6, 6.07) is 12.8. The molecule has 2 N–H and O–H groups in total. The van der Waals surface area contributed by atoms with Gasteiger partial charge in [0.05, 0.1) is 5.69 Å². The van der Waals surface area contributed by atoms with Crippen molar-refractivity contribution in [3.8, 4) is 0 Å². The number of aryl methyl sites for hydroxylation is 2. The van der Waals surface area contributed by atoms with Gasteiger partial charge in [-0.25, -0.2) is 0 Å². The van der Waals surface area contributed by atoms with Gasteiger partial charge in [0, 0.05) is 22.3 Å². The standard InChI is InChI=1S/C17H17BrN2S/c1-11-4-6-15-12(9-11)3-2-8-20(15)16-7-5-13(17(19)21)10-14(16)18/h4-7,9-10H,2-3,8H2,1H3,(H2,19,21). The maximum absolute atomic E-state index is 5.70. The van der Waals surface area contributed by atoms with Crippen LogP contribution in [0.2, 0.25) is 0 Å². The Balaban J connectivity index is 2.05. The number of nitrogens with zero attached hydrogens (tertiary/aromatic N) is 1. The monoisotopic (exact) mass is 360 g/mol. The largest absolute Gasteiger partial charge is 0.389 e. The molecule has 21 heavy (non-hydrogen) atoms. The Labute approximate surface area is 139 Å². The number of halogens is 1. The Hall–Kier alpha value is -1.39. The average Bonchev–Trinajstić information content (AvgIpc) is 2.46. The van der Waals surface area contributed by atoms with Gasteiger partial charge in [-0.1, -0.05) is 29.9 Å². The summed E-state index contributed by atoms with van der Waals surface area (Å²) in [6.45, 7) is 3.17. The predicted octanol–water partition coefficient (Wildman–Crippen LogP) is 4.48. The van der Waals surface area contributed by atoms with Crippen LogP contribution in [0.5, 0.6) is 0 Å². The fourth-order valence-electron chi connectivity index (χ4n) is 2.86. The lowest BCUT2D eigenvalue weighted by Crippen LogP contribution is -2.25. The molecule has 0 saturated carbocycles. The molecule has 0 fully saturated rings. The van der Waals surface area contributed by atoms with Gasteiger partial charge in [-0.2, -0.15) is 0 Å². The van der Waals surface area contributed by atoms with Crippen LogP contribution in [0.15, 0.2) is 40.9 Å². The molecule has 0 amide bonds. The molecule has 0 unspecified atom stereocenters. The highest BCUT2D eigenvalue weighted by Crippen LogP contribution is 2.38. The van der Waals surface area contributed by atoms with E-state index in [1.54, 1.807) is 0 Å². The number of benzene rings is 2. The molecule has 3 rings (SSSR count). The van der Waals surface area contributed by atoms with Gasteiger partial charge in [0.1, 0.15) is 4.99 Å². The molecule has 108 valence electrons. The predicted molar refractivity (Wildman–Crippen MR) is 96.5 cm³/mol. The molecule has 0 atom stereocenters. The summed E-state index contributed by atoms with van der Waals surface area (Å²) in [6.07, 6.45) is 2.32. The first-order valence-electron chi connectivity index (χ1n) is 7.02. The van der Waals surface area contributed by atoms with Crippen molar-refractivity contribution in [1.29, 1.82) is 0 Å². The molecular formula is C17H17BrN2S. The zero-order valence-electron chi connectivity index (χ0n) is 11.9. The first-order chi connectivity index (χ1) is 10.1. The minimum absolute atomic E-state index is 0.428. The normalized spacial score (nSPS) is 13.9. The van der Waals surface area contributed by atoms with Crippen LogP contribution in [-0.2, 0) is 6.42 Å². The smallest absolute Gasteiger partial charge is 0.104 e. The van der Waals surface area contributed by atoms with Crippen molar-refractivity contribution in [2.45, 2.75) is 19.8 Å². The Morgan fingerprint density at radius 3 is 2.67 bits per heavy atom. The van der Waals surface area contributed by atoms with Crippen molar-refractivity contribution < 1.29 is 0 Å². The third-order valence-electron chi connectivity index (χ3n) is 3.88. The van der Waals surface area contributed by atoms with Crippen molar-refractivity contribution in [3.05, 3.63) is 57.6 Å². The van der Waals surface area contributed by atoms with E-state index in [0.717, 1.165) is 23.0 Å². The van der Waals surface area contributed by atoms with Gasteiger partial charge in [0.25, 0.3) is 0 Å². The zero-order chi connectivity index (χ0) is 15.0. The summed E-state index contributed by atoms with van der Waals surface area (Å²) >= 11 is 8.70. The Morgan fingerprint density at radius 2 is 1.95 bits per heavy atom. The molecule has 4 heteroatoms. The van der Waals surface area contributed by atoms with Gasteiger partial charge in [-0.15, -0.1) is 0 Å². The van der Waals surface area contributed by atoms with Gasteiger partial charge in [-0.3, -0.25) is 0 Å². The van der Waals surface area contributed by atoms with Crippen molar-refractivity contribution in [1.82, 2.24) is 0 Å². The molecule has 1 aliphatic rings. The average molecular weight is 361 g/mol. The van der Waals surface area contributed by atoms with Crippen LogP contribution in [0, 0.1) is 6.92 Å². The van der Waals surface area contributed by atoms with Gasteiger partial charge in [0.15, 0.2) is 0 Å². The third kappa shape index (κ3) is 2.83. The van der Waals surface area contributed by atoms with E-state index in [1.807, 2.05) is 12.1 Å². The van der Waals surface area contributed by atoms with E-state index in [9.17, 15) is 0 Å². The lowest BCUT2D eigenvalue weighted by Gasteiger charge is -2.32. The zero-order valence-corrected chi connectivity index (χ0v) is 14.3. The number of hydrogen-bond donors (Lipinski definition) is 1. The Bertz CT molecular complexity index is 712. The summed E-state index contributed by atoms with van der Waals surface area (Å²) in [5, 5.41) is 0. The van der Waals surface area contributed by atoms with E-state index >= 15 is 0 Å². The van der Waals surface area contributed by atoms with Crippen LogP contribution in [0.4, 0.5) is 11.4 Å². The highest BCUT2D eigenvalue weighted by molar-refractivity contribution is 9.10. The highest BCUT2D eigenvalue weighted by atomic mass is 79.9. The number of rotatable bonds is 2. The first kappa shape index (κ1) is 14.5. The second kappa shape index (κ2) is 5.78. The second-order valence-corrected chi connectivity index (χ2v) is 6.71. The summed E-state index contributed by atoms with van der Waals surface area (Å²) in [7, 11) is 0. The van der Waals surface area contributed by atoms with Crippen LogP contribution < -0.4 is 10.6 Å². The summed E-state index contributed by atoms with van der Waals surface area (Å²) in [4.78, 5) is 2.79. The van der Waals surface area contributed by atoms with Gasteiger partial charge >= 0.3 is 0 Å². The quantitative estimate of drug-likeness (QED) is 0.800. The van der Waals surface area contributed by atoms with Crippen LogP contribution in [0.1, 0.15) is 23.1 Å². The van der Waals surface area contributed by atoms with Crippen LogP contribution in [-0.4, -0.2) is 11.5 Å². The maximum atomic E-state index is 5.70. The third-order valence-corrected chi connectivity index (χ3v) is 4.75. The summed E-state index contributed by atoms with van der Waals surface area (Å²) in [5.41, 5.74) is 11.8. The molecule has 2 aromatic rings. The molecule has 0 aromatic heterocycles. The molecule has 0 aliphatic carbocycles. The van der Waals surface area contributed by atoms with Crippen LogP contribution in [0.3, 0.4) is 0 Å². The SMILES string of the molecule is Cc1ccc2c(c1)CCCN2c1ccc(C(N)=S)cc1Br. The molecule has 2 aromatic carbocycles. The number of hydrogen-bond acceptors (Lipinski definition) is 2. The van der Waals surface area contributed by atoms with Gasteiger partial charge in [-0.05, 0) is 65.5 Å². The first-order valence-corrected chi connectivity index (χ1v) is 8.23. The molecule has 0 spiro atoms. The van der Waals surface area contributed by atoms with E-state index in [1.165, 1.54) is 28.9 Å². The number of fused-ring (bicyclic) bond motifs is 1. The molecule has 1 aliphatic heterocycles. The lowest BCUT2D eigenvalue weighted by molar-refractivity contribution is 0.765. The molecule has 1 heterocycles. The highest BCUT2D eigenvalue weighted by Gasteiger charge is 2.20. The van der Waals surface area contributed by atoms with Gasteiger partial charge in [0.2, 0.25) is 0 Å². The fraction of sp³-hybridized carbons (Fsp3) is 0.235. The van der Waals surface area contributed by atoms with Crippen molar-refractivity contribution in [3.63, 3.8) is 0 Å². The fourth-order valence-corrected chi connectivity index (χ4v) is 3.58. The van der Waals surface area contributed by atoms with E-state index in [4.69, 9.17) is 18.0 Å². The topological polar surface area (TPSA) is 29.3 Å². The Morgan fingerprint density at radius 1 is 1.19 bits per heavy atom. The molecule has 0 bridgehead atoms.